The summed E-state index contributed by atoms with van der Waals surface area (Å²) in [6.07, 6.45) is 0.920. The molecular weight excluding hydrogens is 462 g/mol. The number of carbonyl (C=O) groups excluding carboxylic acids is 2. The number of carbonyl (C=O) groups is 2. The van der Waals surface area contributed by atoms with Gasteiger partial charge in [0.25, 0.3) is 5.91 Å². The lowest BCUT2D eigenvalue weighted by atomic mass is 9.89. The maximum Gasteiger partial charge on any atom is 0.251 e. The minimum Gasteiger partial charge on any atom is -0.354 e. The van der Waals surface area contributed by atoms with E-state index in [-0.39, 0.29) is 41.6 Å². The van der Waals surface area contributed by atoms with E-state index >= 15 is 0 Å². The number of nitrogens with zero attached hydrogens (tertiary/aromatic N) is 1. The summed E-state index contributed by atoms with van der Waals surface area (Å²) in [4.78, 5) is 25.9. The number of nitrogens with one attached hydrogen (secondary N) is 2. The Bertz CT molecular complexity index is 1050. The Morgan fingerprint density at radius 3 is 2.21 bits per heavy atom. The summed E-state index contributed by atoms with van der Waals surface area (Å²) in [5, 5.41) is 6.26. The maximum absolute atomic E-state index is 13.0. The molecule has 2 amide bonds. The molecule has 0 aromatic heterocycles. The van der Waals surface area contributed by atoms with E-state index in [0.717, 1.165) is 0 Å². The summed E-state index contributed by atoms with van der Waals surface area (Å²) in [7, 11) is -3.65. The highest BCUT2D eigenvalue weighted by Gasteiger charge is 2.36. The van der Waals surface area contributed by atoms with Crippen molar-refractivity contribution >= 4 is 33.4 Å². The van der Waals surface area contributed by atoms with Crippen LogP contribution in [-0.2, 0) is 14.8 Å². The molecule has 7 nitrogen and oxygen atoms in total. The number of hydrogen-bond acceptors (Lipinski definition) is 4. The van der Waals surface area contributed by atoms with Gasteiger partial charge >= 0.3 is 0 Å². The normalized spacial score (nSPS) is 16.4. The molecule has 9 heteroatoms. The third kappa shape index (κ3) is 6.56. The fourth-order valence-electron chi connectivity index (χ4n) is 3.83. The number of amides is 2. The molecule has 2 N–H and O–H groups in total. The van der Waals surface area contributed by atoms with Gasteiger partial charge < -0.3 is 10.6 Å². The van der Waals surface area contributed by atoms with Gasteiger partial charge in [-0.3, -0.25) is 9.59 Å². The quantitative estimate of drug-likeness (QED) is 0.592. The van der Waals surface area contributed by atoms with Crippen molar-refractivity contribution in [3.63, 3.8) is 0 Å². The number of rotatable bonds is 8. The molecule has 1 atom stereocenters. The molecule has 1 unspecified atom stereocenters. The topological polar surface area (TPSA) is 95.6 Å². The van der Waals surface area contributed by atoms with Crippen LogP contribution in [0.15, 0.2) is 59.5 Å². The van der Waals surface area contributed by atoms with E-state index < -0.39 is 16.1 Å². The lowest BCUT2D eigenvalue weighted by Crippen LogP contribution is -2.54. The summed E-state index contributed by atoms with van der Waals surface area (Å²) in [5.74, 6) is -0.476. The van der Waals surface area contributed by atoms with Gasteiger partial charge in [-0.1, -0.05) is 43.6 Å². The van der Waals surface area contributed by atoms with E-state index in [1.165, 1.54) is 16.4 Å². The molecular formula is C24H30ClN3O4S. The van der Waals surface area contributed by atoms with Crippen molar-refractivity contribution in [1.29, 1.82) is 0 Å². The van der Waals surface area contributed by atoms with Crippen LogP contribution in [0.3, 0.4) is 0 Å². The Morgan fingerprint density at radius 2 is 1.64 bits per heavy atom. The van der Waals surface area contributed by atoms with Crippen molar-refractivity contribution < 1.29 is 18.0 Å². The zero-order valence-corrected chi connectivity index (χ0v) is 20.4. The molecule has 1 aliphatic heterocycles. The molecule has 1 aliphatic rings. The van der Waals surface area contributed by atoms with Crippen LogP contribution >= 0.6 is 11.6 Å². The average Bonchev–Trinajstić information content (AvgIpc) is 2.81. The number of benzene rings is 2. The molecule has 0 radical (unpaired) electrons. The molecule has 0 spiro atoms. The van der Waals surface area contributed by atoms with Crippen molar-refractivity contribution in [2.45, 2.75) is 37.6 Å². The highest BCUT2D eigenvalue weighted by molar-refractivity contribution is 7.89. The van der Waals surface area contributed by atoms with Gasteiger partial charge in [0.05, 0.1) is 4.90 Å². The van der Waals surface area contributed by atoms with Crippen molar-refractivity contribution in [3.8, 4) is 0 Å². The predicted octanol–water partition coefficient (Wildman–Crippen LogP) is 3.31. The monoisotopic (exact) mass is 491 g/mol. The van der Waals surface area contributed by atoms with Crippen LogP contribution < -0.4 is 10.6 Å². The molecule has 2 aromatic carbocycles. The maximum atomic E-state index is 13.0. The molecule has 0 aliphatic carbocycles. The van der Waals surface area contributed by atoms with E-state index in [1.807, 2.05) is 19.9 Å². The second kappa shape index (κ2) is 11.1. The molecule has 0 saturated carbocycles. The van der Waals surface area contributed by atoms with Gasteiger partial charge in [0, 0.05) is 30.2 Å². The average molecular weight is 492 g/mol. The molecule has 1 saturated heterocycles. The molecule has 2 aromatic rings. The number of sulfonamides is 1. The second-order valence-electron chi connectivity index (χ2n) is 8.65. The minimum absolute atomic E-state index is 0.179. The van der Waals surface area contributed by atoms with Crippen LogP contribution in [0.4, 0.5) is 0 Å². The van der Waals surface area contributed by atoms with E-state index in [0.29, 0.717) is 30.0 Å². The van der Waals surface area contributed by atoms with Crippen LogP contribution in [0.2, 0.25) is 5.02 Å². The minimum atomic E-state index is -3.65. The summed E-state index contributed by atoms with van der Waals surface area (Å²) >= 11 is 5.88. The molecule has 178 valence electrons. The summed E-state index contributed by atoms with van der Waals surface area (Å²) in [6.45, 7) is 5.03. The third-order valence-electron chi connectivity index (χ3n) is 5.71. The van der Waals surface area contributed by atoms with Gasteiger partial charge in [-0.15, -0.1) is 0 Å². The lowest BCUT2D eigenvalue weighted by Gasteiger charge is -2.35. The summed E-state index contributed by atoms with van der Waals surface area (Å²) < 4.78 is 27.4. The molecule has 33 heavy (non-hydrogen) atoms. The number of hydrogen-bond donors (Lipinski definition) is 2. The van der Waals surface area contributed by atoms with Crippen LogP contribution in [0, 0.1) is 11.8 Å². The van der Waals surface area contributed by atoms with Gasteiger partial charge in [-0.2, -0.15) is 4.31 Å². The Labute approximate surface area is 200 Å². The first-order valence-electron chi connectivity index (χ1n) is 11.1. The van der Waals surface area contributed by atoms with Gasteiger partial charge in [-0.05, 0) is 61.1 Å². The van der Waals surface area contributed by atoms with Crippen LogP contribution in [-0.4, -0.2) is 50.2 Å². The van der Waals surface area contributed by atoms with Crippen LogP contribution in [0.5, 0.6) is 0 Å². The highest BCUT2D eigenvalue weighted by atomic mass is 35.5. The van der Waals surface area contributed by atoms with Crippen molar-refractivity contribution in [3.05, 3.63) is 65.2 Å². The fourth-order valence-corrected chi connectivity index (χ4v) is 5.43. The van der Waals surface area contributed by atoms with Crippen LogP contribution in [0.1, 0.15) is 37.0 Å². The fraction of sp³-hybridized carbons (Fsp3) is 0.417. The van der Waals surface area contributed by atoms with E-state index in [9.17, 15) is 18.0 Å². The van der Waals surface area contributed by atoms with Gasteiger partial charge in [0.2, 0.25) is 15.9 Å². The van der Waals surface area contributed by atoms with Gasteiger partial charge in [-0.25, -0.2) is 8.42 Å². The Kier molecular flexibility index (Phi) is 8.51. The number of piperidine rings is 1. The molecule has 0 bridgehead atoms. The van der Waals surface area contributed by atoms with Gasteiger partial charge in [0.1, 0.15) is 6.04 Å². The first-order valence-corrected chi connectivity index (χ1v) is 12.9. The predicted molar refractivity (Wildman–Crippen MR) is 128 cm³/mol. The van der Waals surface area contributed by atoms with Crippen molar-refractivity contribution in [2.75, 3.05) is 19.6 Å². The van der Waals surface area contributed by atoms with Crippen LogP contribution in [0.25, 0.3) is 0 Å². The smallest absolute Gasteiger partial charge is 0.251 e. The van der Waals surface area contributed by atoms with Gasteiger partial charge in [0.15, 0.2) is 0 Å². The van der Waals surface area contributed by atoms with Crippen molar-refractivity contribution in [1.82, 2.24) is 14.9 Å². The first kappa shape index (κ1) is 25.2. The Morgan fingerprint density at radius 1 is 1.03 bits per heavy atom. The Balaban J connectivity index is 1.71. The third-order valence-corrected chi connectivity index (χ3v) is 7.88. The largest absolute Gasteiger partial charge is 0.354 e. The molecule has 3 rings (SSSR count). The first-order chi connectivity index (χ1) is 15.7. The Hall–Kier alpha value is -2.42. The van der Waals surface area contributed by atoms with Crippen molar-refractivity contribution in [2.24, 2.45) is 11.8 Å². The van der Waals surface area contributed by atoms with E-state index in [2.05, 4.69) is 10.6 Å². The summed E-state index contributed by atoms with van der Waals surface area (Å²) in [5.41, 5.74) is 0.474. The second-order valence-corrected chi connectivity index (χ2v) is 11.0. The number of halogens is 1. The zero-order chi connectivity index (χ0) is 24.0. The highest BCUT2D eigenvalue weighted by Crippen LogP contribution is 2.27. The lowest BCUT2D eigenvalue weighted by molar-refractivity contribution is -0.124. The van der Waals surface area contributed by atoms with E-state index in [1.54, 1.807) is 36.4 Å². The molecule has 1 heterocycles. The zero-order valence-electron chi connectivity index (χ0n) is 18.8. The SMILES string of the molecule is CC(C)CNC(=O)C(NC(=O)c1ccccc1)C1CCN(S(=O)(=O)c2ccc(Cl)cc2)CC1. The standard InChI is InChI=1S/C24H30ClN3O4S/c1-17(2)16-26-24(30)22(27-23(29)19-6-4-3-5-7-19)18-12-14-28(15-13-18)33(31,32)21-10-8-20(25)9-11-21/h3-11,17-18,22H,12-16H2,1-2H3,(H,26,30)(H,27,29). The summed E-state index contributed by atoms with van der Waals surface area (Å²) in [6, 6.07) is 14.1. The van der Waals surface area contributed by atoms with E-state index in [4.69, 9.17) is 11.6 Å². The molecule has 1 fully saturated rings.